The molecule has 0 spiro atoms. The average molecular weight is 281 g/mol. The van der Waals surface area contributed by atoms with Crippen LogP contribution in [-0.2, 0) is 0 Å². The van der Waals surface area contributed by atoms with E-state index in [4.69, 9.17) is 5.73 Å². The van der Waals surface area contributed by atoms with E-state index in [1.54, 1.807) is 16.8 Å². The first kappa shape index (κ1) is 9.77. The van der Waals surface area contributed by atoms with Gasteiger partial charge in [0.2, 0.25) is 5.78 Å². The molecule has 16 heavy (non-hydrogen) atoms. The van der Waals surface area contributed by atoms with Crippen molar-refractivity contribution in [1.82, 2.24) is 14.4 Å². The second-order valence-electron chi connectivity index (χ2n) is 3.90. The maximum atomic E-state index is 12.0. The van der Waals surface area contributed by atoms with Crippen LogP contribution in [0.5, 0.6) is 0 Å². The molecule has 2 aromatic heterocycles. The summed E-state index contributed by atoms with van der Waals surface area (Å²) in [6.45, 7) is 0. The number of hydrogen-bond donors (Lipinski definition) is 1. The highest BCUT2D eigenvalue weighted by atomic mass is 79.9. The van der Waals surface area contributed by atoms with Gasteiger partial charge in [-0.05, 0) is 28.8 Å². The molecule has 6 heteroatoms. The van der Waals surface area contributed by atoms with Gasteiger partial charge in [-0.15, -0.1) is 0 Å². The van der Waals surface area contributed by atoms with Crippen molar-refractivity contribution in [2.75, 3.05) is 5.73 Å². The highest BCUT2D eigenvalue weighted by Gasteiger charge is 2.33. The number of rotatable bonds is 2. The average Bonchev–Trinajstić information content (AvgIpc) is 3.04. The predicted molar refractivity (Wildman–Crippen MR) is 62.2 cm³/mol. The molecule has 2 heterocycles. The molecule has 0 atom stereocenters. The molecule has 1 fully saturated rings. The topological polar surface area (TPSA) is 73.3 Å². The van der Waals surface area contributed by atoms with E-state index >= 15 is 0 Å². The van der Waals surface area contributed by atoms with Crippen LogP contribution in [0.3, 0.4) is 0 Å². The summed E-state index contributed by atoms with van der Waals surface area (Å²) in [5.74, 6) is 1.05. The number of nitrogens with zero attached hydrogens (tertiary/aromatic N) is 3. The van der Waals surface area contributed by atoms with E-state index in [0.717, 1.165) is 12.8 Å². The first-order valence-corrected chi connectivity index (χ1v) is 5.80. The highest BCUT2D eigenvalue weighted by molar-refractivity contribution is 9.10. The quantitative estimate of drug-likeness (QED) is 0.850. The van der Waals surface area contributed by atoms with E-state index in [-0.39, 0.29) is 11.7 Å². The number of carbonyl (C=O) groups excluding carboxylic acids is 1. The molecule has 2 N–H and O–H groups in total. The number of Topliss-reactive ketones (excluding diaryl/α,β-unsaturated/α-hetero) is 1. The van der Waals surface area contributed by atoms with Gasteiger partial charge in [0.05, 0.1) is 0 Å². The van der Waals surface area contributed by atoms with Crippen molar-refractivity contribution in [2.45, 2.75) is 12.8 Å². The summed E-state index contributed by atoms with van der Waals surface area (Å²) in [6.07, 6.45) is 5.21. The Labute approximate surface area is 99.8 Å². The molecule has 1 saturated carbocycles. The molecular weight excluding hydrogens is 272 g/mol. The van der Waals surface area contributed by atoms with Gasteiger partial charge in [-0.3, -0.25) is 9.20 Å². The van der Waals surface area contributed by atoms with E-state index in [2.05, 4.69) is 25.9 Å². The van der Waals surface area contributed by atoms with Crippen LogP contribution in [0, 0.1) is 5.92 Å². The largest absolute Gasteiger partial charge is 0.382 e. The summed E-state index contributed by atoms with van der Waals surface area (Å²) in [5.41, 5.74) is 6.41. The third-order valence-electron chi connectivity index (χ3n) is 2.71. The smallest absolute Gasteiger partial charge is 0.201 e. The Morgan fingerprint density at radius 3 is 3.00 bits per heavy atom. The molecule has 1 aliphatic carbocycles. The lowest BCUT2D eigenvalue weighted by Gasteiger charge is -1.99. The van der Waals surface area contributed by atoms with Crippen LogP contribution in [0.15, 0.2) is 17.0 Å². The van der Waals surface area contributed by atoms with Gasteiger partial charge < -0.3 is 5.73 Å². The zero-order valence-electron chi connectivity index (χ0n) is 8.35. The van der Waals surface area contributed by atoms with Gasteiger partial charge in [-0.25, -0.2) is 9.97 Å². The summed E-state index contributed by atoms with van der Waals surface area (Å²) in [6, 6.07) is 0. The van der Waals surface area contributed by atoms with E-state index < -0.39 is 0 Å². The summed E-state index contributed by atoms with van der Waals surface area (Å²) in [7, 11) is 0. The SMILES string of the molecule is Nc1nccn2c(C(=O)C3CC3)nc(Br)c12. The van der Waals surface area contributed by atoms with Gasteiger partial charge in [0.15, 0.2) is 11.6 Å². The zero-order valence-corrected chi connectivity index (χ0v) is 9.94. The number of halogens is 1. The standard InChI is InChI=1S/C10H9BrN4O/c11-8-6-9(12)13-3-4-15(6)10(14-8)7(16)5-1-2-5/h3-5H,1-2H2,(H2,12,13). The number of nitrogens with two attached hydrogens (primary N) is 1. The van der Waals surface area contributed by atoms with Crippen LogP contribution in [-0.4, -0.2) is 20.2 Å². The first-order valence-electron chi connectivity index (χ1n) is 5.00. The fourth-order valence-corrected chi connectivity index (χ4v) is 2.28. The molecule has 3 rings (SSSR count). The second-order valence-corrected chi connectivity index (χ2v) is 4.65. The normalized spacial score (nSPS) is 15.6. The molecule has 82 valence electrons. The molecule has 0 aliphatic heterocycles. The lowest BCUT2D eigenvalue weighted by atomic mass is 10.2. The number of hydrogen-bond acceptors (Lipinski definition) is 4. The fraction of sp³-hybridized carbons (Fsp3) is 0.300. The third kappa shape index (κ3) is 1.33. The molecule has 1 aliphatic rings. The fourth-order valence-electron chi connectivity index (χ4n) is 1.72. The van der Waals surface area contributed by atoms with Gasteiger partial charge in [-0.1, -0.05) is 0 Å². The number of aromatic nitrogens is 3. The lowest BCUT2D eigenvalue weighted by molar-refractivity contribution is 0.0957. The Morgan fingerprint density at radius 1 is 1.56 bits per heavy atom. The van der Waals surface area contributed by atoms with Crippen LogP contribution in [0.1, 0.15) is 23.5 Å². The van der Waals surface area contributed by atoms with E-state index in [1.165, 1.54) is 0 Å². The van der Waals surface area contributed by atoms with Crippen molar-refractivity contribution in [2.24, 2.45) is 5.92 Å². The van der Waals surface area contributed by atoms with Crippen LogP contribution < -0.4 is 5.73 Å². The predicted octanol–water partition coefficient (Wildman–Crippen LogP) is 1.67. The highest BCUT2D eigenvalue weighted by Crippen LogP contribution is 2.33. The van der Waals surface area contributed by atoms with Crippen molar-refractivity contribution < 1.29 is 4.79 Å². The number of anilines is 1. The third-order valence-corrected chi connectivity index (χ3v) is 3.26. The number of imidazole rings is 1. The minimum absolute atomic E-state index is 0.0892. The van der Waals surface area contributed by atoms with Crippen molar-refractivity contribution in [1.29, 1.82) is 0 Å². The Kier molecular flexibility index (Phi) is 2.00. The minimum atomic E-state index is 0.0892. The van der Waals surface area contributed by atoms with Gasteiger partial charge >= 0.3 is 0 Å². The number of fused-ring (bicyclic) bond motifs is 1. The Hall–Kier alpha value is -1.43. The van der Waals surface area contributed by atoms with Crippen molar-refractivity contribution >= 4 is 33.0 Å². The Balaban J connectivity index is 2.25. The first-order chi connectivity index (χ1) is 7.68. The minimum Gasteiger partial charge on any atom is -0.382 e. The summed E-state index contributed by atoms with van der Waals surface area (Å²) >= 11 is 3.30. The molecule has 5 nitrogen and oxygen atoms in total. The zero-order chi connectivity index (χ0) is 11.3. The van der Waals surface area contributed by atoms with Crippen LogP contribution >= 0.6 is 15.9 Å². The van der Waals surface area contributed by atoms with Gasteiger partial charge in [0.1, 0.15) is 10.1 Å². The molecule has 0 saturated heterocycles. The molecule has 0 radical (unpaired) electrons. The molecule has 0 unspecified atom stereocenters. The summed E-state index contributed by atoms with van der Waals surface area (Å²) in [5, 5.41) is 0. The molecule has 0 bridgehead atoms. The Bertz CT molecular complexity index is 588. The van der Waals surface area contributed by atoms with Crippen molar-refractivity contribution in [3.8, 4) is 0 Å². The number of nitrogen functional groups attached to an aromatic ring is 1. The molecule has 0 aromatic carbocycles. The maximum absolute atomic E-state index is 12.0. The number of carbonyl (C=O) groups is 1. The lowest BCUT2D eigenvalue weighted by Crippen LogP contribution is -2.07. The molecule has 0 amide bonds. The summed E-state index contributed by atoms with van der Waals surface area (Å²) in [4.78, 5) is 20.2. The van der Waals surface area contributed by atoms with Crippen molar-refractivity contribution in [3.05, 3.63) is 22.8 Å². The summed E-state index contributed by atoms with van der Waals surface area (Å²) < 4.78 is 2.27. The van der Waals surface area contributed by atoms with E-state index in [0.29, 0.717) is 21.8 Å². The van der Waals surface area contributed by atoms with Gasteiger partial charge in [0.25, 0.3) is 0 Å². The van der Waals surface area contributed by atoms with Gasteiger partial charge in [0, 0.05) is 18.3 Å². The van der Waals surface area contributed by atoms with Crippen molar-refractivity contribution in [3.63, 3.8) is 0 Å². The van der Waals surface area contributed by atoms with Crippen LogP contribution in [0.4, 0.5) is 5.82 Å². The van der Waals surface area contributed by atoms with Crippen LogP contribution in [0.2, 0.25) is 0 Å². The maximum Gasteiger partial charge on any atom is 0.201 e. The van der Waals surface area contributed by atoms with Gasteiger partial charge in [-0.2, -0.15) is 0 Å². The Morgan fingerprint density at radius 2 is 2.31 bits per heavy atom. The van der Waals surface area contributed by atoms with E-state index in [1.807, 2.05) is 0 Å². The van der Waals surface area contributed by atoms with Crippen LogP contribution in [0.25, 0.3) is 5.52 Å². The number of ketones is 1. The molecular formula is C10H9BrN4O. The molecule has 2 aromatic rings. The van der Waals surface area contributed by atoms with E-state index in [9.17, 15) is 4.79 Å². The second kappa shape index (κ2) is 3.28. The monoisotopic (exact) mass is 280 g/mol.